The molecule has 1 aliphatic heterocycles. The van der Waals surface area contributed by atoms with Gasteiger partial charge in [0.15, 0.2) is 11.6 Å². The number of allylic oxidation sites excluding steroid dienone is 2. The smallest absolute Gasteiger partial charge is 0.209 e. The van der Waals surface area contributed by atoms with Crippen LogP contribution in [-0.2, 0) is 4.74 Å². The Morgan fingerprint density at radius 3 is 1.34 bits per heavy atom. The molecule has 160 valence electrons. The first-order chi connectivity index (χ1) is 15.7. The van der Waals surface area contributed by atoms with E-state index in [0.29, 0.717) is 43.0 Å². The average Bonchev–Trinajstić information content (AvgIpc) is 2.88. The highest BCUT2D eigenvalue weighted by molar-refractivity contribution is 6.34. The van der Waals surface area contributed by atoms with Crippen LogP contribution in [0.4, 0.5) is 0 Å². The molecule has 0 spiro atoms. The zero-order valence-electron chi connectivity index (χ0n) is 17.6. The molecule has 1 heterocycles. The highest BCUT2D eigenvalue weighted by Crippen LogP contribution is 2.25. The van der Waals surface area contributed by atoms with Gasteiger partial charge < -0.3 is 9.64 Å². The molecule has 1 saturated heterocycles. The zero-order valence-corrected chi connectivity index (χ0v) is 17.6. The van der Waals surface area contributed by atoms with Gasteiger partial charge in [0.25, 0.3) is 0 Å². The van der Waals surface area contributed by atoms with E-state index in [9.17, 15) is 14.4 Å². The maximum Gasteiger partial charge on any atom is 0.209 e. The molecule has 32 heavy (non-hydrogen) atoms. The van der Waals surface area contributed by atoms with Gasteiger partial charge in [-0.3, -0.25) is 14.4 Å². The van der Waals surface area contributed by atoms with Gasteiger partial charge >= 0.3 is 0 Å². The molecule has 0 unspecified atom stereocenters. The summed E-state index contributed by atoms with van der Waals surface area (Å²) in [6.45, 7) is 1.67. The molecular formula is C27H23NO4. The third-order valence-electron chi connectivity index (χ3n) is 5.34. The van der Waals surface area contributed by atoms with Crippen LogP contribution in [0.1, 0.15) is 31.1 Å². The van der Waals surface area contributed by atoms with Crippen molar-refractivity contribution in [2.75, 3.05) is 26.3 Å². The molecule has 0 radical (unpaired) electrons. The van der Waals surface area contributed by atoms with Crippen LogP contribution in [0, 0.1) is 0 Å². The van der Waals surface area contributed by atoms with Crippen LogP contribution < -0.4 is 0 Å². The Bertz CT molecular complexity index is 1080. The first-order valence-electron chi connectivity index (χ1n) is 10.5. The van der Waals surface area contributed by atoms with Gasteiger partial charge in [-0.1, -0.05) is 91.0 Å². The van der Waals surface area contributed by atoms with Crippen molar-refractivity contribution in [3.63, 3.8) is 0 Å². The molecule has 1 fully saturated rings. The minimum Gasteiger partial charge on any atom is -0.378 e. The minimum absolute atomic E-state index is 0.113. The van der Waals surface area contributed by atoms with Crippen molar-refractivity contribution < 1.29 is 19.1 Å². The first kappa shape index (κ1) is 21.4. The van der Waals surface area contributed by atoms with Crippen LogP contribution in [0.15, 0.2) is 102 Å². The van der Waals surface area contributed by atoms with Crippen LogP contribution >= 0.6 is 0 Å². The van der Waals surface area contributed by atoms with E-state index in [2.05, 4.69) is 0 Å². The number of ether oxygens (including phenoxy) is 1. The number of carbonyl (C=O) groups excluding carboxylic acids is 3. The Morgan fingerprint density at radius 1 is 0.562 bits per heavy atom. The monoisotopic (exact) mass is 425 g/mol. The fourth-order valence-corrected chi connectivity index (χ4v) is 3.71. The Labute approximate surface area is 186 Å². The fourth-order valence-electron chi connectivity index (χ4n) is 3.71. The van der Waals surface area contributed by atoms with E-state index in [-0.39, 0.29) is 17.1 Å². The van der Waals surface area contributed by atoms with E-state index < -0.39 is 11.6 Å². The van der Waals surface area contributed by atoms with Gasteiger partial charge in [-0.05, 0) is 0 Å². The van der Waals surface area contributed by atoms with Gasteiger partial charge in [-0.2, -0.15) is 0 Å². The predicted octanol–water partition coefficient (Wildman–Crippen LogP) is 4.22. The van der Waals surface area contributed by atoms with E-state index in [1.807, 2.05) is 6.07 Å². The molecule has 0 N–H and O–H groups in total. The van der Waals surface area contributed by atoms with Crippen LogP contribution in [-0.4, -0.2) is 48.6 Å². The number of benzene rings is 3. The predicted molar refractivity (Wildman–Crippen MR) is 122 cm³/mol. The molecule has 1 aliphatic rings. The second-order valence-corrected chi connectivity index (χ2v) is 7.41. The van der Waals surface area contributed by atoms with Gasteiger partial charge in [0.2, 0.25) is 5.78 Å². The average molecular weight is 425 g/mol. The van der Waals surface area contributed by atoms with E-state index in [1.54, 1.807) is 89.8 Å². The van der Waals surface area contributed by atoms with Crippen molar-refractivity contribution in [2.24, 2.45) is 0 Å². The fraction of sp³-hybridized carbons (Fsp3) is 0.148. The zero-order chi connectivity index (χ0) is 22.3. The number of nitrogens with zero attached hydrogens (tertiary/aromatic N) is 1. The largest absolute Gasteiger partial charge is 0.378 e. The minimum atomic E-state index is -0.467. The van der Waals surface area contributed by atoms with Crippen molar-refractivity contribution in [2.45, 2.75) is 0 Å². The quantitative estimate of drug-likeness (QED) is 0.245. The maximum atomic E-state index is 13.7. The third-order valence-corrected chi connectivity index (χ3v) is 5.34. The van der Waals surface area contributed by atoms with E-state index in [1.165, 1.54) is 0 Å². The summed E-state index contributed by atoms with van der Waals surface area (Å²) in [6, 6.07) is 25.9. The van der Waals surface area contributed by atoms with E-state index in [4.69, 9.17) is 4.74 Å². The molecule has 3 aromatic carbocycles. The summed E-state index contributed by atoms with van der Waals surface area (Å²) in [5.41, 5.74) is 1.16. The second-order valence-electron chi connectivity index (χ2n) is 7.41. The molecule has 3 aromatic rings. The lowest BCUT2D eigenvalue weighted by Gasteiger charge is -2.31. The summed E-state index contributed by atoms with van der Waals surface area (Å²) in [6.07, 6.45) is 0. The Kier molecular flexibility index (Phi) is 6.68. The summed E-state index contributed by atoms with van der Waals surface area (Å²) in [5.74, 6) is -1.29. The maximum absolute atomic E-state index is 13.7. The van der Waals surface area contributed by atoms with Gasteiger partial charge in [0.05, 0.1) is 18.8 Å². The molecular weight excluding hydrogens is 402 g/mol. The van der Waals surface area contributed by atoms with Crippen LogP contribution in [0.3, 0.4) is 0 Å². The number of ketones is 3. The van der Waals surface area contributed by atoms with Gasteiger partial charge in [0, 0.05) is 29.8 Å². The Hall–Kier alpha value is -3.83. The lowest BCUT2D eigenvalue weighted by Crippen LogP contribution is -2.40. The molecule has 5 heteroatoms. The molecule has 0 atom stereocenters. The third kappa shape index (κ3) is 4.58. The number of Topliss-reactive ketones (excluding diaryl/α,β-unsaturated/α-hetero) is 3. The van der Waals surface area contributed by atoms with Crippen LogP contribution in [0.2, 0.25) is 0 Å². The molecule has 0 aliphatic carbocycles. The summed E-state index contributed by atoms with van der Waals surface area (Å²) < 4.78 is 5.46. The highest BCUT2D eigenvalue weighted by Gasteiger charge is 2.33. The van der Waals surface area contributed by atoms with Gasteiger partial charge in [-0.25, -0.2) is 0 Å². The molecule has 0 aromatic heterocycles. The number of morpholine rings is 1. The summed E-state index contributed by atoms with van der Waals surface area (Å²) in [7, 11) is 0. The summed E-state index contributed by atoms with van der Waals surface area (Å²) in [4.78, 5) is 42.9. The molecule has 0 amide bonds. The summed E-state index contributed by atoms with van der Waals surface area (Å²) >= 11 is 0. The number of hydrogen-bond acceptors (Lipinski definition) is 5. The van der Waals surface area contributed by atoms with E-state index in [0.717, 1.165) is 0 Å². The molecule has 5 nitrogen and oxygen atoms in total. The normalized spacial score (nSPS) is 13.3. The number of hydrogen-bond donors (Lipinski definition) is 0. The molecule has 0 bridgehead atoms. The lowest BCUT2D eigenvalue weighted by molar-refractivity contribution is 0.0495. The summed E-state index contributed by atoms with van der Waals surface area (Å²) in [5, 5.41) is 0. The lowest BCUT2D eigenvalue weighted by atomic mass is 9.90. The topological polar surface area (TPSA) is 63.7 Å². The molecule has 0 saturated carbocycles. The van der Waals surface area contributed by atoms with Crippen molar-refractivity contribution in [3.05, 3.63) is 119 Å². The van der Waals surface area contributed by atoms with E-state index >= 15 is 0 Å². The number of rotatable bonds is 7. The van der Waals surface area contributed by atoms with Crippen molar-refractivity contribution in [1.29, 1.82) is 0 Å². The van der Waals surface area contributed by atoms with Crippen LogP contribution in [0.5, 0.6) is 0 Å². The first-order valence-corrected chi connectivity index (χ1v) is 10.5. The van der Waals surface area contributed by atoms with Gasteiger partial charge in [0.1, 0.15) is 5.70 Å². The Balaban J connectivity index is 1.94. The standard InChI is InChI=1S/C27H23NO4/c29-25(20-10-4-1-5-11-20)23(26(30)21-12-6-2-7-13-21)24(28-16-18-32-19-17-28)27(31)22-14-8-3-9-15-22/h1-15H,16-19H2. The highest BCUT2D eigenvalue weighted by atomic mass is 16.5. The SMILES string of the molecule is O=C(C(C(=O)c1ccccc1)=C(C(=O)c1ccccc1)N1CCOCC1)c1ccccc1. The Morgan fingerprint density at radius 2 is 0.938 bits per heavy atom. The van der Waals surface area contributed by atoms with Crippen LogP contribution in [0.25, 0.3) is 0 Å². The molecule has 4 rings (SSSR count). The second kappa shape index (κ2) is 9.98. The van der Waals surface area contributed by atoms with Crippen molar-refractivity contribution >= 4 is 17.3 Å². The van der Waals surface area contributed by atoms with Crippen molar-refractivity contribution in [1.82, 2.24) is 4.90 Å². The number of carbonyl (C=O) groups is 3. The van der Waals surface area contributed by atoms with Gasteiger partial charge in [-0.15, -0.1) is 0 Å². The van der Waals surface area contributed by atoms with Crippen molar-refractivity contribution in [3.8, 4) is 0 Å².